The van der Waals surface area contributed by atoms with Crippen molar-refractivity contribution in [3.05, 3.63) is 23.9 Å². The lowest BCUT2D eigenvalue weighted by atomic mass is 9.96. The number of halogens is 3. The summed E-state index contributed by atoms with van der Waals surface area (Å²) in [6, 6.07) is 5.04. The van der Waals surface area contributed by atoms with Gasteiger partial charge in [-0.15, -0.1) is 0 Å². The van der Waals surface area contributed by atoms with Crippen LogP contribution in [0, 0.1) is 5.92 Å². The molecule has 2 rings (SSSR count). The van der Waals surface area contributed by atoms with Crippen molar-refractivity contribution < 1.29 is 18.0 Å². The molecule has 116 valence electrons. The molecule has 21 heavy (non-hydrogen) atoms. The van der Waals surface area contributed by atoms with Crippen LogP contribution in [0.2, 0.25) is 0 Å². The van der Waals surface area contributed by atoms with Crippen LogP contribution in [-0.2, 0) is 0 Å². The van der Waals surface area contributed by atoms with Gasteiger partial charge in [0.15, 0.2) is 0 Å². The molecule has 2 heterocycles. The fourth-order valence-corrected chi connectivity index (χ4v) is 2.41. The third kappa shape index (κ3) is 3.86. The Morgan fingerprint density at radius 1 is 1.38 bits per heavy atom. The number of piperidine rings is 1. The number of alkyl halides is 3. The average molecular weight is 301 g/mol. The second-order valence-corrected chi connectivity index (χ2v) is 5.05. The summed E-state index contributed by atoms with van der Waals surface area (Å²) in [6.07, 6.45) is -4.25. The van der Waals surface area contributed by atoms with Gasteiger partial charge in [-0.1, -0.05) is 6.07 Å². The lowest BCUT2D eigenvalue weighted by Gasteiger charge is -2.32. The number of carbonyl (C=O) groups excluding carboxylic acids is 1. The number of hydrogen-bond donors (Lipinski definition) is 1. The van der Waals surface area contributed by atoms with E-state index < -0.39 is 12.1 Å². The third-order valence-electron chi connectivity index (χ3n) is 3.57. The van der Waals surface area contributed by atoms with Crippen molar-refractivity contribution in [1.82, 2.24) is 9.88 Å². The number of nitrogens with zero attached hydrogens (tertiary/aromatic N) is 2. The highest BCUT2D eigenvalue weighted by Gasteiger charge is 2.41. The molecule has 1 aromatic rings. The molecule has 1 amide bonds. The van der Waals surface area contributed by atoms with Crippen molar-refractivity contribution in [3.63, 3.8) is 0 Å². The van der Waals surface area contributed by atoms with Gasteiger partial charge in [0.2, 0.25) is 0 Å². The summed E-state index contributed by atoms with van der Waals surface area (Å²) in [5, 5.41) is 3.00. The Morgan fingerprint density at radius 3 is 2.62 bits per heavy atom. The smallest absolute Gasteiger partial charge is 0.370 e. The molecule has 0 spiro atoms. The zero-order valence-corrected chi connectivity index (χ0v) is 11.8. The van der Waals surface area contributed by atoms with Crippen molar-refractivity contribution in [3.8, 4) is 0 Å². The van der Waals surface area contributed by atoms with Crippen molar-refractivity contribution in [2.45, 2.75) is 25.9 Å². The zero-order valence-electron chi connectivity index (χ0n) is 11.8. The van der Waals surface area contributed by atoms with Gasteiger partial charge in [-0.3, -0.25) is 4.79 Å². The van der Waals surface area contributed by atoms with Gasteiger partial charge in [-0.05, 0) is 31.9 Å². The minimum absolute atomic E-state index is 0.0395. The van der Waals surface area contributed by atoms with E-state index in [-0.39, 0.29) is 37.5 Å². The second-order valence-electron chi connectivity index (χ2n) is 5.05. The van der Waals surface area contributed by atoms with Gasteiger partial charge in [-0.25, -0.2) is 4.98 Å². The zero-order chi connectivity index (χ0) is 15.5. The monoisotopic (exact) mass is 301 g/mol. The summed E-state index contributed by atoms with van der Waals surface area (Å²) in [4.78, 5) is 17.9. The molecule has 1 N–H and O–H groups in total. The van der Waals surface area contributed by atoms with Crippen LogP contribution in [0.4, 0.5) is 19.0 Å². The summed E-state index contributed by atoms with van der Waals surface area (Å²) >= 11 is 0. The van der Waals surface area contributed by atoms with E-state index in [4.69, 9.17) is 0 Å². The number of amides is 1. The summed E-state index contributed by atoms with van der Waals surface area (Å²) in [6.45, 7) is 2.84. The SMILES string of the molecule is CCNc1cccc(C(=O)N2CCC(C(F)(F)F)CC2)n1. The van der Waals surface area contributed by atoms with Crippen molar-refractivity contribution in [2.24, 2.45) is 5.92 Å². The molecule has 0 aromatic carbocycles. The molecule has 0 atom stereocenters. The Hall–Kier alpha value is -1.79. The number of aromatic nitrogens is 1. The first kappa shape index (κ1) is 15.6. The normalized spacial score (nSPS) is 16.9. The minimum atomic E-state index is -4.17. The lowest BCUT2D eigenvalue weighted by Crippen LogP contribution is -2.42. The molecular weight excluding hydrogens is 283 g/mol. The van der Waals surface area contributed by atoms with E-state index >= 15 is 0 Å². The van der Waals surface area contributed by atoms with E-state index in [0.717, 1.165) is 0 Å². The van der Waals surface area contributed by atoms with Crippen LogP contribution in [0.15, 0.2) is 18.2 Å². The van der Waals surface area contributed by atoms with E-state index in [1.807, 2.05) is 6.92 Å². The maximum Gasteiger partial charge on any atom is 0.391 e. The van der Waals surface area contributed by atoms with Crippen LogP contribution in [-0.4, -0.2) is 41.6 Å². The third-order valence-corrected chi connectivity index (χ3v) is 3.57. The van der Waals surface area contributed by atoms with Gasteiger partial charge in [0, 0.05) is 19.6 Å². The Bertz CT molecular complexity index is 496. The standard InChI is InChI=1S/C14H18F3N3O/c1-2-18-12-5-3-4-11(19-12)13(21)20-8-6-10(7-9-20)14(15,16)17/h3-5,10H,2,6-9H2,1H3,(H,18,19). The predicted octanol–water partition coefficient (Wildman–Crippen LogP) is 2.93. The number of anilines is 1. The maximum atomic E-state index is 12.6. The summed E-state index contributed by atoms with van der Waals surface area (Å²) in [7, 11) is 0. The number of hydrogen-bond acceptors (Lipinski definition) is 3. The first-order valence-corrected chi connectivity index (χ1v) is 6.98. The first-order valence-electron chi connectivity index (χ1n) is 6.98. The van der Waals surface area contributed by atoms with Gasteiger partial charge in [0.05, 0.1) is 5.92 Å². The van der Waals surface area contributed by atoms with Gasteiger partial charge in [0.25, 0.3) is 5.91 Å². The van der Waals surface area contributed by atoms with E-state index in [2.05, 4.69) is 10.3 Å². The number of rotatable bonds is 3. The highest BCUT2D eigenvalue weighted by Crippen LogP contribution is 2.34. The number of nitrogens with one attached hydrogen (secondary N) is 1. The molecule has 0 radical (unpaired) electrons. The van der Waals surface area contributed by atoms with Crippen LogP contribution < -0.4 is 5.32 Å². The molecule has 4 nitrogen and oxygen atoms in total. The van der Waals surface area contributed by atoms with Crippen LogP contribution in [0.5, 0.6) is 0 Å². The van der Waals surface area contributed by atoms with Gasteiger partial charge in [0.1, 0.15) is 11.5 Å². The largest absolute Gasteiger partial charge is 0.391 e. The quantitative estimate of drug-likeness (QED) is 0.933. The molecule has 0 unspecified atom stereocenters. The lowest BCUT2D eigenvalue weighted by molar-refractivity contribution is -0.183. The Balaban J connectivity index is 2.00. The number of pyridine rings is 1. The fourth-order valence-electron chi connectivity index (χ4n) is 2.41. The molecule has 1 saturated heterocycles. The van der Waals surface area contributed by atoms with E-state index in [1.165, 1.54) is 4.90 Å². The van der Waals surface area contributed by atoms with E-state index in [9.17, 15) is 18.0 Å². The van der Waals surface area contributed by atoms with Crippen LogP contribution in [0.25, 0.3) is 0 Å². The fraction of sp³-hybridized carbons (Fsp3) is 0.571. The molecule has 1 aliphatic rings. The van der Waals surface area contributed by atoms with Crippen molar-refractivity contribution in [2.75, 3.05) is 25.0 Å². The molecule has 0 bridgehead atoms. The van der Waals surface area contributed by atoms with Gasteiger partial charge >= 0.3 is 6.18 Å². The number of likely N-dealkylation sites (tertiary alicyclic amines) is 1. The topological polar surface area (TPSA) is 45.2 Å². The predicted molar refractivity (Wildman–Crippen MR) is 73.1 cm³/mol. The number of carbonyl (C=O) groups is 1. The van der Waals surface area contributed by atoms with Crippen LogP contribution in [0.3, 0.4) is 0 Å². The van der Waals surface area contributed by atoms with Crippen LogP contribution in [0.1, 0.15) is 30.3 Å². The van der Waals surface area contributed by atoms with Crippen LogP contribution >= 0.6 is 0 Å². The summed E-state index contributed by atoms with van der Waals surface area (Å²) in [5.74, 6) is -1.02. The summed E-state index contributed by atoms with van der Waals surface area (Å²) < 4.78 is 37.8. The van der Waals surface area contributed by atoms with Gasteiger partial charge < -0.3 is 10.2 Å². The average Bonchev–Trinajstić information content (AvgIpc) is 2.46. The van der Waals surface area contributed by atoms with Crippen molar-refractivity contribution in [1.29, 1.82) is 0 Å². The van der Waals surface area contributed by atoms with E-state index in [0.29, 0.717) is 12.4 Å². The Kier molecular flexibility index (Phi) is 4.69. The Labute approximate surface area is 121 Å². The van der Waals surface area contributed by atoms with Crippen molar-refractivity contribution >= 4 is 11.7 Å². The minimum Gasteiger partial charge on any atom is -0.370 e. The molecule has 1 fully saturated rings. The van der Waals surface area contributed by atoms with E-state index in [1.54, 1.807) is 18.2 Å². The highest BCUT2D eigenvalue weighted by molar-refractivity contribution is 5.92. The molecular formula is C14H18F3N3O. The Morgan fingerprint density at radius 2 is 2.05 bits per heavy atom. The summed E-state index contributed by atoms with van der Waals surface area (Å²) in [5.41, 5.74) is 0.263. The van der Waals surface area contributed by atoms with Gasteiger partial charge in [-0.2, -0.15) is 13.2 Å². The molecule has 0 aliphatic carbocycles. The molecule has 1 aromatic heterocycles. The maximum absolute atomic E-state index is 12.6. The first-order chi connectivity index (χ1) is 9.91. The molecule has 0 saturated carbocycles. The second kappa shape index (κ2) is 6.32. The highest BCUT2D eigenvalue weighted by atomic mass is 19.4. The molecule has 7 heteroatoms. The molecule has 1 aliphatic heterocycles.